The van der Waals surface area contributed by atoms with Crippen LogP contribution in [0, 0.1) is 5.92 Å². The molecular weight excluding hydrogens is 314 g/mol. The lowest BCUT2D eigenvalue weighted by Gasteiger charge is -2.50. The zero-order chi connectivity index (χ0) is 17.9. The highest BCUT2D eigenvalue weighted by Crippen LogP contribution is 2.36. The maximum Gasteiger partial charge on any atom is 0.319 e. The largest absolute Gasteiger partial charge is 0.335 e. The van der Waals surface area contributed by atoms with Crippen molar-refractivity contribution in [2.75, 3.05) is 18.4 Å². The minimum absolute atomic E-state index is 0.155. The number of hydrogen-bond acceptors (Lipinski definition) is 4. The predicted octanol–water partition coefficient (Wildman–Crippen LogP) is 3.20. The molecule has 0 unspecified atom stereocenters. The Morgan fingerprint density at radius 3 is 2.44 bits per heavy atom. The van der Waals surface area contributed by atoms with Crippen molar-refractivity contribution in [1.29, 1.82) is 0 Å². The first-order valence-electron chi connectivity index (χ1n) is 9.58. The van der Waals surface area contributed by atoms with Gasteiger partial charge < -0.3 is 10.6 Å². The molecule has 0 bridgehead atoms. The van der Waals surface area contributed by atoms with Gasteiger partial charge in [0.2, 0.25) is 0 Å². The molecule has 2 N–H and O–H groups in total. The molecule has 138 valence electrons. The van der Waals surface area contributed by atoms with Crippen molar-refractivity contribution in [3.05, 3.63) is 18.2 Å². The van der Waals surface area contributed by atoms with Gasteiger partial charge in [0.05, 0.1) is 18.1 Å². The maximum atomic E-state index is 12.2. The van der Waals surface area contributed by atoms with Crippen LogP contribution in [0.5, 0.6) is 0 Å². The minimum atomic E-state index is -0.155. The summed E-state index contributed by atoms with van der Waals surface area (Å²) in [5.41, 5.74) is 0.985. The van der Waals surface area contributed by atoms with Gasteiger partial charge in [0, 0.05) is 18.0 Å². The van der Waals surface area contributed by atoms with Crippen LogP contribution in [0.4, 0.5) is 10.5 Å². The lowest BCUT2D eigenvalue weighted by atomic mass is 9.78. The Morgan fingerprint density at radius 1 is 1.28 bits per heavy atom. The second kappa shape index (κ2) is 7.68. The summed E-state index contributed by atoms with van der Waals surface area (Å²) in [4.78, 5) is 23.4. The first kappa shape index (κ1) is 18.1. The van der Waals surface area contributed by atoms with Gasteiger partial charge in [-0.15, -0.1) is 0 Å². The number of nitrogens with one attached hydrogen (secondary N) is 2. The van der Waals surface area contributed by atoms with Crippen molar-refractivity contribution in [3.63, 3.8) is 0 Å². The first-order valence-corrected chi connectivity index (χ1v) is 9.58. The molecule has 2 heterocycles. The molecule has 0 spiro atoms. The van der Waals surface area contributed by atoms with Crippen LogP contribution in [0.15, 0.2) is 12.4 Å². The smallest absolute Gasteiger partial charge is 0.319 e. The molecule has 1 saturated carbocycles. The molecule has 6 nitrogen and oxygen atoms in total. The summed E-state index contributed by atoms with van der Waals surface area (Å²) in [5.74, 6) is 1.34. The molecule has 0 aromatic carbocycles. The molecule has 1 saturated heterocycles. The van der Waals surface area contributed by atoms with Gasteiger partial charge in [-0.2, -0.15) is 0 Å². The zero-order valence-electron chi connectivity index (χ0n) is 15.7. The third kappa shape index (κ3) is 4.69. The molecule has 1 aliphatic heterocycles. The van der Waals surface area contributed by atoms with Gasteiger partial charge in [-0.05, 0) is 58.0 Å². The highest BCUT2D eigenvalue weighted by atomic mass is 16.2. The van der Waals surface area contributed by atoms with Crippen LogP contribution < -0.4 is 10.6 Å². The van der Waals surface area contributed by atoms with E-state index in [2.05, 4.69) is 46.3 Å². The Kier molecular flexibility index (Phi) is 5.57. The van der Waals surface area contributed by atoms with Gasteiger partial charge in [0.1, 0.15) is 5.82 Å². The Labute approximate surface area is 150 Å². The van der Waals surface area contributed by atoms with E-state index in [0.717, 1.165) is 37.9 Å². The molecule has 1 aromatic rings. The van der Waals surface area contributed by atoms with Gasteiger partial charge in [-0.3, -0.25) is 4.90 Å². The van der Waals surface area contributed by atoms with Crippen LogP contribution in [-0.4, -0.2) is 45.6 Å². The highest BCUT2D eigenvalue weighted by molar-refractivity contribution is 5.89. The van der Waals surface area contributed by atoms with Crippen LogP contribution in [0.1, 0.15) is 58.7 Å². The second-order valence-corrected chi connectivity index (χ2v) is 8.20. The monoisotopic (exact) mass is 345 g/mol. The summed E-state index contributed by atoms with van der Waals surface area (Å²) in [6.07, 6.45) is 9.96. The summed E-state index contributed by atoms with van der Waals surface area (Å²) in [5, 5.41) is 5.95. The average molecular weight is 345 g/mol. The number of nitrogens with zero attached hydrogens (tertiary/aromatic N) is 3. The quantitative estimate of drug-likeness (QED) is 0.860. The molecular formula is C19H31N5O. The van der Waals surface area contributed by atoms with Crippen LogP contribution >= 0.6 is 0 Å². The molecule has 2 fully saturated rings. The molecule has 0 atom stereocenters. The van der Waals surface area contributed by atoms with Crippen molar-refractivity contribution in [2.24, 2.45) is 5.92 Å². The van der Waals surface area contributed by atoms with E-state index in [1.54, 1.807) is 12.4 Å². The topological polar surface area (TPSA) is 70.2 Å². The molecule has 6 heteroatoms. The van der Waals surface area contributed by atoms with Crippen LogP contribution in [-0.2, 0) is 6.42 Å². The molecule has 3 rings (SSSR count). The summed E-state index contributed by atoms with van der Waals surface area (Å²) in [6.45, 7) is 9.13. The maximum absolute atomic E-state index is 12.2. The number of carbonyl (C=O) groups is 1. The number of urea groups is 1. The second-order valence-electron chi connectivity index (χ2n) is 8.20. The number of hydrogen-bond donors (Lipinski definition) is 2. The average Bonchev–Trinajstić information content (AvgIpc) is 2.49. The lowest BCUT2D eigenvalue weighted by molar-refractivity contribution is 0.00963. The predicted molar refractivity (Wildman–Crippen MR) is 99.6 cm³/mol. The fourth-order valence-corrected chi connectivity index (χ4v) is 3.80. The van der Waals surface area contributed by atoms with Gasteiger partial charge in [0.25, 0.3) is 0 Å². The van der Waals surface area contributed by atoms with Crippen LogP contribution in [0.2, 0.25) is 0 Å². The number of amides is 2. The Hall–Kier alpha value is -1.69. The Balaban J connectivity index is 1.43. The van der Waals surface area contributed by atoms with E-state index in [1.807, 2.05) is 0 Å². The highest BCUT2D eigenvalue weighted by Gasteiger charge is 2.38. The normalized spacial score (nSPS) is 27.0. The number of anilines is 1. The van der Waals surface area contributed by atoms with Gasteiger partial charge in [-0.25, -0.2) is 14.8 Å². The molecule has 25 heavy (non-hydrogen) atoms. The fraction of sp³-hybridized carbons (Fsp3) is 0.737. The standard InChI is InChI=1S/C19H31N5O/c1-14(2)11-17-20-12-16(13-21-17)23-18(25)22-15-5-7-19(3,8-6-15)24-9-4-10-24/h12-15H,4-11H2,1-3H3,(H2,22,23,25). The summed E-state index contributed by atoms with van der Waals surface area (Å²) in [6, 6.07) is 0.105. The molecule has 1 aliphatic carbocycles. The summed E-state index contributed by atoms with van der Waals surface area (Å²) < 4.78 is 0. The van der Waals surface area contributed by atoms with Gasteiger partial charge >= 0.3 is 6.03 Å². The van der Waals surface area contributed by atoms with Crippen LogP contribution in [0.25, 0.3) is 0 Å². The van der Waals surface area contributed by atoms with E-state index in [4.69, 9.17) is 0 Å². The summed E-state index contributed by atoms with van der Waals surface area (Å²) >= 11 is 0. The molecule has 1 aromatic heterocycles. The van der Waals surface area contributed by atoms with E-state index >= 15 is 0 Å². The van der Waals surface area contributed by atoms with E-state index in [1.165, 1.54) is 19.5 Å². The number of carbonyl (C=O) groups excluding carboxylic acids is 1. The fourth-order valence-electron chi connectivity index (χ4n) is 3.80. The van der Waals surface area contributed by atoms with Gasteiger partial charge in [0.15, 0.2) is 0 Å². The molecule has 2 amide bonds. The third-order valence-electron chi connectivity index (χ3n) is 5.57. The zero-order valence-corrected chi connectivity index (χ0v) is 15.7. The van der Waals surface area contributed by atoms with Crippen molar-refractivity contribution in [2.45, 2.75) is 70.9 Å². The minimum Gasteiger partial charge on any atom is -0.335 e. The van der Waals surface area contributed by atoms with Crippen molar-refractivity contribution >= 4 is 11.7 Å². The van der Waals surface area contributed by atoms with E-state index in [-0.39, 0.29) is 12.1 Å². The van der Waals surface area contributed by atoms with Crippen LogP contribution in [0.3, 0.4) is 0 Å². The molecule has 2 aliphatic rings. The summed E-state index contributed by atoms with van der Waals surface area (Å²) in [7, 11) is 0. The van der Waals surface area contributed by atoms with E-state index in [0.29, 0.717) is 17.1 Å². The van der Waals surface area contributed by atoms with Crippen molar-refractivity contribution in [1.82, 2.24) is 20.2 Å². The number of aromatic nitrogens is 2. The Morgan fingerprint density at radius 2 is 1.92 bits per heavy atom. The SMILES string of the molecule is CC(C)Cc1ncc(NC(=O)NC2CCC(C)(N3CCC3)CC2)cn1. The molecule has 0 radical (unpaired) electrons. The first-order chi connectivity index (χ1) is 11.9. The van der Waals surface area contributed by atoms with E-state index < -0.39 is 0 Å². The third-order valence-corrected chi connectivity index (χ3v) is 5.57. The number of likely N-dealkylation sites (tertiary alicyclic amines) is 1. The lowest BCUT2D eigenvalue weighted by Crippen LogP contribution is -2.56. The van der Waals surface area contributed by atoms with Crippen molar-refractivity contribution < 1.29 is 4.79 Å². The van der Waals surface area contributed by atoms with E-state index in [9.17, 15) is 4.79 Å². The number of rotatable bonds is 5. The Bertz CT molecular complexity index is 574. The van der Waals surface area contributed by atoms with Gasteiger partial charge in [-0.1, -0.05) is 13.8 Å². The van der Waals surface area contributed by atoms with Crippen molar-refractivity contribution in [3.8, 4) is 0 Å².